The van der Waals surface area contributed by atoms with E-state index < -0.39 is 35.9 Å². The van der Waals surface area contributed by atoms with Gasteiger partial charge in [0.1, 0.15) is 0 Å². The standard InChI is InChI=1S/C23H38F2O5/c1-2-3-6-9-17-12-13-23(22(24)25)18(10-7-4-5-8-11-21(27)28)19(26)16-20(23)30-15-14-29-17/h4,7,17-20,22,26H,2-3,5-6,8-16H2,1H3,(H,27,28)/b7-4-/t17?,18-,19-,20?,23-/m0/s1. The van der Waals surface area contributed by atoms with Gasteiger partial charge in [-0.1, -0.05) is 38.3 Å². The quantitative estimate of drug-likeness (QED) is 0.356. The summed E-state index contributed by atoms with van der Waals surface area (Å²) >= 11 is 0. The number of fused-ring (bicyclic) bond motifs is 1. The zero-order chi connectivity index (χ0) is 22.0. The van der Waals surface area contributed by atoms with Crippen LogP contribution in [0.1, 0.15) is 77.6 Å². The molecule has 1 saturated carbocycles. The molecule has 174 valence electrons. The fraction of sp³-hybridized carbons (Fsp3) is 0.870. The summed E-state index contributed by atoms with van der Waals surface area (Å²) in [5.41, 5.74) is -1.37. The molecule has 0 amide bonds. The van der Waals surface area contributed by atoms with Gasteiger partial charge in [0.05, 0.1) is 36.9 Å². The van der Waals surface area contributed by atoms with Crippen LogP contribution < -0.4 is 0 Å². The van der Waals surface area contributed by atoms with E-state index in [4.69, 9.17) is 14.6 Å². The Morgan fingerprint density at radius 3 is 2.67 bits per heavy atom. The lowest BCUT2D eigenvalue weighted by Gasteiger charge is -2.39. The first-order chi connectivity index (χ1) is 14.4. The molecule has 0 aromatic carbocycles. The molecule has 1 saturated heterocycles. The molecule has 0 radical (unpaired) electrons. The number of rotatable bonds is 11. The van der Waals surface area contributed by atoms with Crippen LogP contribution in [0.2, 0.25) is 0 Å². The van der Waals surface area contributed by atoms with Crippen LogP contribution in [0.4, 0.5) is 8.78 Å². The van der Waals surface area contributed by atoms with Crippen LogP contribution in [-0.2, 0) is 14.3 Å². The number of hydrogen-bond donors (Lipinski definition) is 2. The Hall–Kier alpha value is -1.05. The summed E-state index contributed by atoms with van der Waals surface area (Å²) in [5, 5.41) is 19.3. The van der Waals surface area contributed by atoms with E-state index in [2.05, 4.69) is 6.92 Å². The van der Waals surface area contributed by atoms with Crippen molar-refractivity contribution in [1.82, 2.24) is 0 Å². The predicted octanol–water partition coefficient (Wildman–Crippen LogP) is 4.96. The third-order valence-electron chi connectivity index (χ3n) is 6.72. The number of aliphatic hydroxyl groups is 1. The molecule has 7 heteroatoms. The van der Waals surface area contributed by atoms with E-state index in [9.17, 15) is 18.7 Å². The molecular formula is C23H38F2O5. The molecule has 5 atom stereocenters. The van der Waals surface area contributed by atoms with Gasteiger partial charge >= 0.3 is 5.97 Å². The average molecular weight is 433 g/mol. The molecular weight excluding hydrogens is 394 g/mol. The molecule has 0 spiro atoms. The van der Waals surface area contributed by atoms with Gasteiger partial charge in [0.2, 0.25) is 6.43 Å². The molecule has 2 fully saturated rings. The zero-order valence-corrected chi connectivity index (χ0v) is 18.1. The highest BCUT2D eigenvalue weighted by Gasteiger charge is 2.60. The predicted molar refractivity (Wildman–Crippen MR) is 111 cm³/mol. The van der Waals surface area contributed by atoms with Crippen LogP contribution in [-0.4, -0.2) is 54.1 Å². The lowest BCUT2D eigenvalue weighted by molar-refractivity contribution is -0.137. The summed E-state index contributed by atoms with van der Waals surface area (Å²) in [6, 6.07) is 0. The summed E-state index contributed by atoms with van der Waals surface area (Å²) in [6.07, 6.45) is 6.24. The van der Waals surface area contributed by atoms with E-state index in [1.165, 1.54) is 0 Å². The van der Waals surface area contributed by atoms with Gasteiger partial charge in [0, 0.05) is 18.8 Å². The van der Waals surface area contributed by atoms with E-state index in [-0.39, 0.29) is 32.0 Å². The van der Waals surface area contributed by atoms with E-state index in [0.29, 0.717) is 32.3 Å². The lowest BCUT2D eigenvalue weighted by atomic mass is 9.70. The van der Waals surface area contributed by atoms with Crippen LogP contribution in [0.15, 0.2) is 12.2 Å². The average Bonchev–Trinajstić information content (AvgIpc) is 3.00. The monoisotopic (exact) mass is 432 g/mol. The number of ether oxygens (including phenoxy) is 2. The van der Waals surface area contributed by atoms with Gasteiger partial charge < -0.3 is 19.7 Å². The number of alkyl halides is 2. The van der Waals surface area contributed by atoms with Crippen LogP contribution in [0.25, 0.3) is 0 Å². The van der Waals surface area contributed by atoms with Crippen molar-refractivity contribution in [1.29, 1.82) is 0 Å². The number of aliphatic carboxylic acids is 1. The molecule has 1 aliphatic heterocycles. The Balaban J connectivity index is 2.08. The van der Waals surface area contributed by atoms with Crippen molar-refractivity contribution in [3.8, 4) is 0 Å². The molecule has 2 N–H and O–H groups in total. The molecule has 5 nitrogen and oxygen atoms in total. The second kappa shape index (κ2) is 12.7. The lowest BCUT2D eigenvalue weighted by Crippen LogP contribution is -2.45. The van der Waals surface area contributed by atoms with Crippen molar-refractivity contribution in [2.75, 3.05) is 13.2 Å². The second-order valence-corrected chi connectivity index (χ2v) is 8.70. The van der Waals surface area contributed by atoms with Crippen molar-refractivity contribution in [2.24, 2.45) is 11.3 Å². The Kier molecular flexibility index (Phi) is 10.7. The molecule has 0 aromatic rings. The minimum atomic E-state index is -2.58. The van der Waals surface area contributed by atoms with Crippen LogP contribution in [0.5, 0.6) is 0 Å². The van der Waals surface area contributed by atoms with Crippen molar-refractivity contribution in [3.63, 3.8) is 0 Å². The first-order valence-corrected chi connectivity index (χ1v) is 11.5. The number of hydrogen-bond acceptors (Lipinski definition) is 4. The molecule has 2 unspecified atom stereocenters. The number of unbranched alkanes of at least 4 members (excludes halogenated alkanes) is 3. The van der Waals surface area contributed by atoms with E-state index in [1.807, 2.05) is 12.2 Å². The SMILES string of the molecule is CCCCCC1CC[C@@]2(C(F)F)C(C[C@H](O)[C@@H]2C/C=C\CCCC(=O)O)OCCO1. The first-order valence-electron chi connectivity index (χ1n) is 11.5. The topological polar surface area (TPSA) is 76.0 Å². The number of allylic oxidation sites excluding steroid dienone is 2. The second-order valence-electron chi connectivity index (χ2n) is 8.70. The maximum atomic E-state index is 14.6. The van der Waals surface area contributed by atoms with Gasteiger partial charge in [-0.05, 0) is 38.5 Å². The number of carboxylic acids is 1. The Labute approximate surface area is 178 Å². The molecule has 1 heterocycles. The molecule has 0 aromatic heterocycles. The van der Waals surface area contributed by atoms with Crippen LogP contribution in [0, 0.1) is 11.3 Å². The smallest absolute Gasteiger partial charge is 0.303 e. The first kappa shape index (κ1) is 25.2. The molecule has 1 aliphatic carbocycles. The minimum absolute atomic E-state index is 0.0421. The Bertz CT molecular complexity index is 540. The van der Waals surface area contributed by atoms with E-state index in [1.54, 1.807) is 0 Å². The van der Waals surface area contributed by atoms with Crippen molar-refractivity contribution in [3.05, 3.63) is 12.2 Å². The largest absolute Gasteiger partial charge is 0.481 e. The van der Waals surface area contributed by atoms with E-state index >= 15 is 0 Å². The molecule has 2 aliphatic rings. The molecule has 0 bridgehead atoms. The summed E-state index contributed by atoms with van der Waals surface area (Å²) in [4.78, 5) is 10.6. The fourth-order valence-electron chi connectivity index (χ4n) is 5.04. The highest BCUT2D eigenvalue weighted by Crippen LogP contribution is 2.54. The van der Waals surface area contributed by atoms with E-state index in [0.717, 1.165) is 25.7 Å². The van der Waals surface area contributed by atoms with Gasteiger partial charge in [-0.25, -0.2) is 8.78 Å². The van der Waals surface area contributed by atoms with Crippen LogP contribution in [0.3, 0.4) is 0 Å². The third kappa shape index (κ3) is 6.72. The fourth-order valence-corrected chi connectivity index (χ4v) is 5.04. The van der Waals surface area contributed by atoms with Crippen molar-refractivity contribution >= 4 is 5.97 Å². The third-order valence-corrected chi connectivity index (χ3v) is 6.72. The van der Waals surface area contributed by atoms with Crippen LogP contribution >= 0.6 is 0 Å². The van der Waals surface area contributed by atoms with Crippen molar-refractivity contribution in [2.45, 2.75) is 102 Å². The number of aliphatic hydroxyl groups excluding tert-OH is 1. The zero-order valence-electron chi connectivity index (χ0n) is 18.1. The summed E-state index contributed by atoms with van der Waals surface area (Å²) in [7, 11) is 0. The maximum absolute atomic E-state index is 14.6. The normalized spacial score (nSPS) is 32.7. The molecule has 2 rings (SSSR count). The summed E-state index contributed by atoms with van der Waals surface area (Å²) in [5.74, 6) is -1.42. The number of carbonyl (C=O) groups is 1. The number of halogens is 2. The Morgan fingerprint density at radius 1 is 1.20 bits per heavy atom. The maximum Gasteiger partial charge on any atom is 0.303 e. The highest BCUT2D eigenvalue weighted by molar-refractivity contribution is 5.66. The van der Waals surface area contributed by atoms with Gasteiger partial charge in [-0.15, -0.1) is 0 Å². The number of carboxylic acid groups (broad SMARTS) is 1. The van der Waals surface area contributed by atoms with Gasteiger partial charge in [0.15, 0.2) is 0 Å². The van der Waals surface area contributed by atoms with Gasteiger partial charge in [-0.2, -0.15) is 0 Å². The summed E-state index contributed by atoms with van der Waals surface area (Å²) < 4.78 is 40.9. The highest BCUT2D eigenvalue weighted by atomic mass is 19.3. The Morgan fingerprint density at radius 2 is 1.97 bits per heavy atom. The van der Waals surface area contributed by atoms with Gasteiger partial charge in [0.25, 0.3) is 0 Å². The van der Waals surface area contributed by atoms with Crippen molar-refractivity contribution < 1.29 is 33.3 Å². The summed E-state index contributed by atoms with van der Waals surface area (Å²) in [6.45, 7) is 2.80. The minimum Gasteiger partial charge on any atom is -0.481 e. The molecule has 30 heavy (non-hydrogen) atoms. The van der Waals surface area contributed by atoms with Gasteiger partial charge in [-0.3, -0.25) is 4.79 Å².